The lowest BCUT2D eigenvalue weighted by atomic mass is 9.99. The van der Waals surface area contributed by atoms with Crippen LogP contribution in [0.5, 0.6) is 5.75 Å². The molecule has 0 aliphatic carbocycles. The highest BCUT2D eigenvalue weighted by molar-refractivity contribution is 5.96. The summed E-state index contributed by atoms with van der Waals surface area (Å²) >= 11 is 0. The summed E-state index contributed by atoms with van der Waals surface area (Å²) in [5.41, 5.74) is 3.99. The molecule has 0 unspecified atom stereocenters. The summed E-state index contributed by atoms with van der Waals surface area (Å²) in [6.07, 6.45) is 1.79. The number of benzene rings is 2. The lowest BCUT2D eigenvalue weighted by Gasteiger charge is -2.09. The number of fused-ring (bicyclic) bond motifs is 1. The van der Waals surface area contributed by atoms with E-state index in [4.69, 9.17) is 0 Å². The average Bonchev–Trinajstić information content (AvgIpc) is 2.43. The second kappa shape index (κ2) is 4.15. The van der Waals surface area contributed by atoms with Crippen molar-refractivity contribution in [3.63, 3.8) is 0 Å². The number of aromatic hydroxyl groups is 1. The second-order valence-electron chi connectivity index (χ2n) is 4.33. The van der Waals surface area contributed by atoms with Gasteiger partial charge in [-0.25, -0.2) is 0 Å². The summed E-state index contributed by atoms with van der Waals surface area (Å²) < 4.78 is 0. The van der Waals surface area contributed by atoms with Crippen LogP contribution in [0.2, 0.25) is 0 Å². The molecule has 1 N–H and O–H groups in total. The van der Waals surface area contributed by atoms with Crippen LogP contribution in [0.4, 0.5) is 0 Å². The van der Waals surface area contributed by atoms with Gasteiger partial charge >= 0.3 is 0 Å². The molecule has 88 valence electrons. The van der Waals surface area contributed by atoms with Crippen LogP contribution >= 0.6 is 0 Å². The number of nitrogens with zero attached hydrogens (tertiary/aromatic N) is 1. The highest BCUT2D eigenvalue weighted by Crippen LogP contribution is 2.31. The number of hydrogen-bond donors (Lipinski definition) is 1. The highest BCUT2D eigenvalue weighted by atomic mass is 16.3. The molecule has 0 amide bonds. The Labute approximate surface area is 106 Å². The summed E-state index contributed by atoms with van der Waals surface area (Å²) in [5.74, 6) is 0.292. The number of pyridine rings is 1. The van der Waals surface area contributed by atoms with Crippen molar-refractivity contribution >= 4 is 10.9 Å². The normalized spacial score (nSPS) is 10.7. The molecule has 3 aromatic rings. The van der Waals surface area contributed by atoms with Crippen molar-refractivity contribution in [3.05, 3.63) is 60.3 Å². The summed E-state index contributed by atoms with van der Waals surface area (Å²) in [4.78, 5) is 4.37. The van der Waals surface area contributed by atoms with Gasteiger partial charge in [0.15, 0.2) is 0 Å². The van der Waals surface area contributed by atoms with Gasteiger partial charge in [-0.1, -0.05) is 30.3 Å². The van der Waals surface area contributed by atoms with Gasteiger partial charge in [0.1, 0.15) is 5.75 Å². The Morgan fingerprint density at radius 2 is 1.72 bits per heavy atom. The van der Waals surface area contributed by atoms with Gasteiger partial charge in [0, 0.05) is 17.1 Å². The minimum Gasteiger partial charge on any atom is -0.508 e. The number of aryl methyl sites for hydroxylation is 1. The standard InChI is InChI=1S/C16H13NO/c1-11-15(18)8-7-14-13(9-10-17-16(11)14)12-5-3-2-4-6-12/h2-10,18H,1H3. The molecule has 2 aromatic carbocycles. The summed E-state index contributed by atoms with van der Waals surface area (Å²) in [5, 5.41) is 10.8. The molecule has 0 bridgehead atoms. The first-order valence-electron chi connectivity index (χ1n) is 5.90. The summed E-state index contributed by atoms with van der Waals surface area (Å²) in [6, 6.07) is 15.9. The predicted octanol–water partition coefficient (Wildman–Crippen LogP) is 3.92. The minimum absolute atomic E-state index is 0.292. The Bertz CT molecular complexity index is 705. The monoisotopic (exact) mass is 235 g/mol. The first kappa shape index (κ1) is 10.8. The molecular formula is C16H13NO. The van der Waals surface area contributed by atoms with Crippen LogP contribution in [0.1, 0.15) is 5.56 Å². The molecule has 3 rings (SSSR count). The molecule has 0 radical (unpaired) electrons. The molecule has 1 aromatic heterocycles. The smallest absolute Gasteiger partial charge is 0.120 e. The quantitative estimate of drug-likeness (QED) is 0.693. The molecule has 0 aliphatic heterocycles. The first-order chi connectivity index (χ1) is 8.77. The molecule has 18 heavy (non-hydrogen) atoms. The van der Waals surface area contributed by atoms with Gasteiger partial charge in [0.25, 0.3) is 0 Å². The molecule has 2 nitrogen and oxygen atoms in total. The Morgan fingerprint density at radius 1 is 0.944 bits per heavy atom. The fourth-order valence-electron chi connectivity index (χ4n) is 2.22. The first-order valence-corrected chi connectivity index (χ1v) is 5.90. The zero-order valence-electron chi connectivity index (χ0n) is 10.1. The number of phenols is 1. The molecule has 0 fully saturated rings. The SMILES string of the molecule is Cc1c(O)ccc2c(-c3ccccc3)ccnc12. The maximum absolute atomic E-state index is 9.74. The van der Waals surface area contributed by atoms with Crippen LogP contribution in [-0.2, 0) is 0 Å². The average molecular weight is 235 g/mol. The lowest BCUT2D eigenvalue weighted by Crippen LogP contribution is -1.87. The molecule has 0 spiro atoms. The Kier molecular flexibility index (Phi) is 2.49. The Hall–Kier alpha value is -2.35. The van der Waals surface area contributed by atoms with E-state index in [1.54, 1.807) is 12.3 Å². The van der Waals surface area contributed by atoms with Gasteiger partial charge in [-0.3, -0.25) is 4.98 Å². The van der Waals surface area contributed by atoms with Crippen LogP contribution in [-0.4, -0.2) is 10.1 Å². The minimum atomic E-state index is 0.292. The molecule has 0 saturated carbocycles. The third-order valence-electron chi connectivity index (χ3n) is 3.22. The Morgan fingerprint density at radius 3 is 2.50 bits per heavy atom. The van der Waals surface area contributed by atoms with Gasteiger partial charge in [-0.15, -0.1) is 0 Å². The van der Waals surface area contributed by atoms with Gasteiger partial charge in [-0.05, 0) is 36.2 Å². The summed E-state index contributed by atoms with van der Waals surface area (Å²) in [7, 11) is 0. The maximum atomic E-state index is 9.74. The van der Waals surface area contributed by atoms with Crippen molar-refractivity contribution in [1.29, 1.82) is 0 Å². The van der Waals surface area contributed by atoms with Gasteiger partial charge in [0.2, 0.25) is 0 Å². The van der Waals surface area contributed by atoms with Crippen molar-refractivity contribution < 1.29 is 5.11 Å². The van der Waals surface area contributed by atoms with Crippen LogP contribution in [0.3, 0.4) is 0 Å². The van der Waals surface area contributed by atoms with E-state index in [0.717, 1.165) is 27.6 Å². The molecule has 0 atom stereocenters. The van der Waals surface area contributed by atoms with E-state index in [-0.39, 0.29) is 0 Å². The Balaban J connectivity index is 2.35. The lowest BCUT2D eigenvalue weighted by molar-refractivity contribution is 0.472. The number of phenolic OH excluding ortho intramolecular Hbond substituents is 1. The van der Waals surface area contributed by atoms with E-state index in [0.29, 0.717) is 5.75 Å². The molecule has 0 aliphatic rings. The molecular weight excluding hydrogens is 222 g/mol. The molecule has 0 saturated heterocycles. The van der Waals surface area contributed by atoms with E-state index in [2.05, 4.69) is 17.1 Å². The highest BCUT2D eigenvalue weighted by Gasteiger charge is 2.08. The van der Waals surface area contributed by atoms with E-state index in [9.17, 15) is 5.11 Å². The van der Waals surface area contributed by atoms with Crippen molar-refractivity contribution in [2.24, 2.45) is 0 Å². The van der Waals surface area contributed by atoms with Crippen molar-refractivity contribution in [2.75, 3.05) is 0 Å². The zero-order valence-corrected chi connectivity index (χ0v) is 10.1. The van der Waals surface area contributed by atoms with Gasteiger partial charge < -0.3 is 5.11 Å². The van der Waals surface area contributed by atoms with Crippen LogP contribution < -0.4 is 0 Å². The van der Waals surface area contributed by atoms with Crippen molar-refractivity contribution in [3.8, 4) is 16.9 Å². The second-order valence-corrected chi connectivity index (χ2v) is 4.33. The van der Waals surface area contributed by atoms with E-state index in [1.165, 1.54) is 0 Å². The van der Waals surface area contributed by atoms with E-state index in [1.807, 2.05) is 37.3 Å². The van der Waals surface area contributed by atoms with Gasteiger partial charge in [-0.2, -0.15) is 0 Å². The van der Waals surface area contributed by atoms with Gasteiger partial charge in [0.05, 0.1) is 5.52 Å². The third kappa shape index (κ3) is 1.63. The summed E-state index contributed by atoms with van der Waals surface area (Å²) in [6.45, 7) is 1.89. The number of rotatable bonds is 1. The molecule has 1 heterocycles. The largest absolute Gasteiger partial charge is 0.508 e. The number of aromatic nitrogens is 1. The fourth-order valence-corrected chi connectivity index (χ4v) is 2.22. The third-order valence-corrected chi connectivity index (χ3v) is 3.22. The number of hydrogen-bond acceptors (Lipinski definition) is 2. The zero-order chi connectivity index (χ0) is 12.5. The maximum Gasteiger partial charge on any atom is 0.120 e. The van der Waals surface area contributed by atoms with Crippen LogP contribution in [0.15, 0.2) is 54.7 Å². The van der Waals surface area contributed by atoms with Crippen LogP contribution in [0, 0.1) is 6.92 Å². The van der Waals surface area contributed by atoms with E-state index < -0.39 is 0 Å². The van der Waals surface area contributed by atoms with Crippen molar-refractivity contribution in [2.45, 2.75) is 6.92 Å². The fraction of sp³-hybridized carbons (Fsp3) is 0.0625. The molecule has 2 heteroatoms. The topological polar surface area (TPSA) is 33.1 Å². The predicted molar refractivity (Wildman–Crippen MR) is 73.6 cm³/mol. The van der Waals surface area contributed by atoms with Crippen LogP contribution in [0.25, 0.3) is 22.0 Å². The van der Waals surface area contributed by atoms with Crippen molar-refractivity contribution in [1.82, 2.24) is 4.98 Å². The van der Waals surface area contributed by atoms with E-state index >= 15 is 0 Å².